The molecule has 92 valence electrons. The van der Waals surface area contributed by atoms with Crippen LogP contribution in [0.5, 0.6) is 0 Å². The van der Waals surface area contributed by atoms with Gasteiger partial charge in [0, 0.05) is 16.9 Å². The molecule has 0 spiro atoms. The molecule has 0 aliphatic rings. The van der Waals surface area contributed by atoms with Crippen LogP contribution in [0.25, 0.3) is 10.4 Å². The Bertz CT molecular complexity index is 589. The zero-order valence-electron chi connectivity index (χ0n) is 8.43. The van der Waals surface area contributed by atoms with E-state index in [-0.39, 0.29) is 5.69 Å². The predicted molar refractivity (Wildman–Crippen MR) is 53.4 cm³/mol. The van der Waals surface area contributed by atoms with Crippen LogP contribution in [0.4, 0.5) is 18.9 Å². The molecular weight excluding hydrogens is 259 g/mol. The third-order valence-electron chi connectivity index (χ3n) is 1.83. The highest BCUT2D eigenvalue weighted by Crippen LogP contribution is 2.36. The second kappa shape index (κ2) is 4.27. The van der Waals surface area contributed by atoms with Crippen molar-refractivity contribution in [2.75, 3.05) is 6.26 Å². The van der Waals surface area contributed by atoms with Crippen molar-refractivity contribution in [2.24, 2.45) is 5.11 Å². The summed E-state index contributed by atoms with van der Waals surface area (Å²) in [6.45, 7) is 0. The Labute approximate surface area is 94.4 Å². The molecule has 0 atom stereocenters. The topological polar surface area (TPSA) is 82.9 Å². The van der Waals surface area contributed by atoms with Crippen molar-refractivity contribution >= 4 is 15.5 Å². The van der Waals surface area contributed by atoms with Gasteiger partial charge in [-0.3, -0.25) is 0 Å². The Hall–Kier alpha value is -1.73. The Morgan fingerprint density at radius 2 is 1.94 bits per heavy atom. The first kappa shape index (κ1) is 13.3. The smallest absolute Gasteiger partial charge is 0.224 e. The molecule has 1 aromatic rings. The number of alkyl halides is 3. The maximum atomic E-state index is 12.6. The summed E-state index contributed by atoms with van der Waals surface area (Å²) in [7, 11) is -4.00. The maximum Gasteiger partial charge on any atom is 0.417 e. The lowest BCUT2D eigenvalue weighted by molar-refractivity contribution is -0.139. The minimum Gasteiger partial charge on any atom is -0.224 e. The molecule has 1 aromatic carbocycles. The molecule has 0 heterocycles. The van der Waals surface area contributed by atoms with Gasteiger partial charge in [-0.25, -0.2) is 8.42 Å². The molecule has 17 heavy (non-hydrogen) atoms. The fourth-order valence-corrected chi connectivity index (χ4v) is 2.07. The molecule has 0 aliphatic heterocycles. The molecule has 0 saturated carbocycles. The molecule has 0 amide bonds. The summed E-state index contributed by atoms with van der Waals surface area (Å²) in [6.07, 6.45) is -4.16. The van der Waals surface area contributed by atoms with Crippen LogP contribution in [0.2, 0.25) is 0 Å². The highest BCUT2D eigenvalue weighted by Gasteiger charge is 2.36. The molecule has 0 saturated heterocycles. The molecule has 0 aromatic heterocycles. The molecular formula is C8H6F3N3O2S. The number of azide groups is 1. The number of hydrogen-bond donors (Lipinski definition) is 0. The summed E-state index contributed by atoms with van der Waals surface area (Å²) in [5, 5.41) is 2.99. The lowest BCUT2D eigenvalue weighted by Crippen LogP contribution is -2.12. The number of benzene rings is 1. The summed E-state index contributed by atoms with van der Waals surface area (Å²) < 4.78 is 60.1. The lowest BCUT2D eigenvalue weighted by atomic mass is 10.2. The van der Waals surface area contributed by atoms with Gasteiger partial charge in [0.25, 0.3) is 0 Å². The average Bonchev–Trinajstić information content (AvgIpc) is 2.15. The highest BCUT2D eigenvalue weighted by atomic mass is 32.2. The summed E-state index contributed by atoms with van der Waals surface area (Å²) in [5.41, 5.74) is 6.46. The average molecular weight is 265 g/mol. The lowest BCUT2D eigenvalue weighted by Gasteiger charge is -2.11. The molecule has 0 unspecified atom stereocenters. The van der Waals surface area contributed by atoms with E-state index in [0.717, 1.165) is 12.1 Å². The van der Waals surface area contributed by atoms with E-state index in [1.807, 2.05) is 0 Å². The van der Waals surface area contributed by atoms with Crippen LogP contribution in [0.1, 0.15) is 5.56 Å². The van der Waals surface area contributed by atoms with Gasteiger partial charge in [0.1, 0.15) is 0 Å². The molecule has 1 rings (SSSR count). The van der Waals surface area contributed by atoms with Crippen molar-refractivity contribution in [1.29, 1.82) is 0 Å². The van der Waals surface area contributed by atoms with Gasteiger partial charge in [-0.1, -0.05) is 11.2 Å². The van der Waals surface area contributed by atoms with Crippen LogP contribution < -0.4 is 0 Å². The van der Waals surface area contributed by atoms with Gasteiger partial charge >= 0.3 is 6.18 Å². The van der Waals surface area contributed by atoms with E-state index in [2.05, 4.69) is 10.0 Å². The Kier molecular flexibility index (Phi) is 3.35. The molecule has 0 fully saturated rings. The minimum absolute atomic E-state index is 0.299. The van der Waals surface area contributed by atoms with Gasteiger partial charge in [-0.2, -0.15) is 13.2 Å². The maximum absolute atomic E-state index is 12.6. The van der Waals surface area contributed by atoms with Crippen molar-refractivity contribution in [3.8, 4) is 0 Å². The van der Waals surface area contributed by atoms with E-state index in [1.165, 1.54) is 0 Å². The van der Waals surface area contributed by atoms with E-state index >= 15 is 0 Å². The first-order chi connectivity index (χ1) is 7.66. The zero-order valence-corrected chi connectivity index (χ0v) is 9.25. The van der Waals surface area contributed by atoms with Gasteiger partial charge in [-0.05, 0) is 17.7 Å². The largest absolute Gasteiger partial charge is 0.417 e. The van der Waals surface area contributed by atoms with E-state index < -0.39 is 26.5 Å². The normalized spacial score (nSPS) is 12.0. The van der Waals surface area contributed by atoms with Crippen molar-refractivity contribution in [1.82, 2.24) is 0 Å². The van der Waals surface area contributed by atoms with Crippen molar-refractivity contribution in [2.45, 2.75) is 11.1 Å². The standard InChI is InChI=1S/C8H6F3N3O2S/c1-17(15,16)7-3-2-5(13-14-12)4-6(7)8(9,10)11/h2-4H,1H3. The monoisotopic (exact) mass is 265 g/mol. The quantitative estimate of drug-likeness (QED) is 0.467. The Morgan fingerprint density at radius 1 is 1.35 bits per heavy atom. The minimum atomic E-state index is -4.83. The first-order valence-electron chi connectivity index (χ1n) is 4.12. The van der Waals surface area contributed by atoms with Crippen molar-refractivity contribution < 1.29 is 21.6 Å². The van der Waals surface area contributed by atoms with Crippen LogP contribution in [-0.2, 0) is 16.0 Å². The Balaban J connectivity index is 3.59. The number of nitrogens with zero attached hydrogens (tertiary/aromatic N) is 3. The van der Waals surface area contributed by atoms with Crippen LogP contribution in [0, 0.1) is 0 Å². The van der Waals surface area contributed by atoms with Crippen LogP contribution in [-0.4, -0.2) is 14.7 Å². The molecule has 0 aliphatic carbocycles. The van der Waals surface area contributed by atoms with Gasteiger partial charge in [0.05, 0.1) is 10.5 Å². The summed E-state index contributed by atoms with van der Waals surface area (Å²) in [5.74, 6) is 0. The Morgan fingerprint density at radius 3 is 2.35 bits per heavy atom. The first-order valence-corrected chi connectivity index (χ1v) is 6.02. The SMILES string of the molecule is CS(=O)(=O)c1ccc(N=[N+]=[N-])cc1C(F)(F)F. The fourth-order valence-electron chi connectivity index (χ4n) is 1.18. The third-order valence-corrected chi connectivity index (χ3v) is 2.98. The molecule has 0 bridgehead atoms. The summed E-state index contributed by atoms with van der Waals surface area (Å²) >= 11 is 0. The van der Waals surface area contributed by atoms with Gasteiger partial charge in [0.2, 0.25) is 0 Å². The predicted octanol–water partition coefficient (Wildman–Crippen LogP) is 3.05. The van der Waals surface area contributed by atoms with Crippen LogP contribution in [0.15, 0.2) is 28.2 Å². The van der Waals surface area contributed by atoms with Crippen molar-refractivity contribution in [3.63, 3.8) is 0 Å². The number of sulfone groups is 1. The summed E-state index contributed by atoms with van der Waals surface area (Å²) in [4.78, 5) is 1.48. The molecule has 5 nitrogen and oxygen atoms in total. The van der Waals surface area contributed by atoms with E-state index in [4.69, 9.17) is 5.53 Å². The fraction of sp³-hybridized carbons (Fsp3) is 0.250. The number of halogens is 3. The van der Waals surface area contributed by atoms with E-state index in [1.54, 1.807) is 0 Å². The van der Waals surface area contributed by atoms with Crippen LogP contribution >= 0.6 is 0 Å². The van der Waals surface area contributed by atoms with Crippen LogP contribution in [0.3, 0.4) is 0 Å². The van der Waals surface area contributed by atoms with E-state index in [0.29, 0.717) is 12.3 Å². The second-order valence-corrected chi connectivity index (χ2v) is 5.12. The molecule has 0 radical (unpaired) electrons. The third kappa shape index (κ3) is 3.11. The van der Waals surface area contributed by atoms with Crippen molar-refractivity contribution in [3.05, 3.63) is 34.2 Å². The number of hydrogen-bond acceptors (Lipinski definition) is 3. The summed E-state index contributed by atoms with van der Waals surface area (Å²) in [6, 6.07) is 2.27. The second-order valence-electron chi connectivity index (χ2n) is 3.14. The number of rotatable bonds is 2. The van der Waals surface area contributed by atoms with Gasteiger partial charge in [-0.15, -0.1) is 0 Å². The highest BCUT2D eigenvalue weighted by molar-refractivity contribution is 7.90. The molecule has 9 heteroatoms. The van der Waals surface area contributed by atoms with Gasteiger partial charge in [0.15, 0.2) is 9.84 Å². The van der Waals surface area contributed by atoms with Gasteiger partial charge < -0.3 is 0 Å². The zero-order chi connectivity index (χ0) is 13.3. The molecule has 0 N–H and O–H groups in total. The van der Waals surface area contributed by atoms with E-state index in [9.17, 15) is 21.6 Å².